The molecule has 1 atom stereocenters. The Balaban J connectivity index is 1.54. The monoisotopic (exact) mass is 373 g/mol. The molecule has 6 heteroatoms. The predicted octanol–water partition coefficient (Wildman–Crippen LogP) is 2.66. The number of hydrogen-bond donors (Lipinski definition) is 0. The number of pyridine rings is 1. The number of amides is 2. The highest BCUT2D eigenvalue weighted by Crippen LogP contribution is 2.30. The second-order valence-electron chi connectivity index (χ2n) is 7.71. The Kier molecular flexibility index (Phi) is 6.69. The molecule has 1 aromatic heterocycles. The number of methoxy groups -OCH3 is 1. The van der Waals surface area contributed by atoms with Gasteiger partial charge in [-0.15, -0.1) is 0 Å². The zero-order valence-electron chi connectivity index (χ0n) is 16.5. The van der Waals surface area contributed by atoms with Crippen molar-refractivity contribution >= 4 is 11.8 Å². The van der Waals surface area contributed by atoms with Crippen molar-refractivity contribution in [1.29, 1.82) is 0 Å². The number of hydrogen-bond acceptors (Lipinski definition) is 4. The Morgan fingerprint density at radius 1 is 1.11 bits per heavy atom. The van der Waals surface area contributed by atoms with E-state index in [0.29, 0.717) is 24.1 Å². The Bertz CT molecular complexity index is 639. The van der Waals surface area contributed by atoms with E-state index in [2.05, 4.69) is 9.88 Å². The standard InChI is InChI=1S/C21H31N3O3/c1-16(25)24-11-5-3-4-6-20(24)17-9-12-23(13-10-17)21(26)14-18-7-8-19(27-2)15-22-18/h7-8,15,17,20H,3-6,9-14H2,1-2H3. The molecule has 148 valence electrons. The number of carbonyl (C=O) groups excluding carboxylic acids is 2. The molecule has 6 nitrogen and oxygen atoms in total. The van der Waals surface area contributed by atoms with Gasteiger partial charge in [-0.3, -0.25) is 14.6 Å². The van der Waals surface area contributed by atoms with Crippen LogP contribution in [0.4, 0.5) is 0 Å². The molecular weight excluding hydrogens is 342 g/mol. The third kappa shape index (κ3) is 4.99. The molecule has 2 saturated heterocycles. The van der Waals surface area contributed by atoms with Gasteiger partial charge in [-0.05, 0) is 43.7 Å². The average Bonchev–Trinajstić information content (AvgIpc) is 2.95. The average molecular weight is 373 g/mol. The lowest BCUT2D eigenvalue weighted by molar-refractivity contribution is -0.135. The fourth-order valence-corrected chi connectivity index (χ4v) is 4.45. The van der Waals surface area contributed by atoms with Crippen LogP contribution in [0, 0.1) is 5.92 Å². The molecule has 1 unspecified atom stereocenters. The highest BCUT2D eigenvalue weighted by atomic mass is 16.5. The number of piperidine rings is 1. The van der Waals surface area contributed by atoms with Crippen molar-refractivity contribution in [1.82, 2.24) is 14.8 Å². The fraction of sp³-hybridized carbons (Fsp3) is 0.667. The lowest BCUT2D eigenvalue weighted by Crippen LogP contribution is -2.48. The molecule has 2 aliphatic heterocycles. The van der Waals surface area contributed by atoms with E-state index in [1.165, 1.54) is 12.8 Å². The van der Waals surface area contributed by atoms with E-state index >= 15 is 0 Å². The van der Waals surface area contributed by atoms with Crippen molar-refractivity contribution in [2.75, 3.05) is 26.7 Å². The first-order valence-corrected chi connectivity index (χ1v) is 10.1. The Labute approximate surface area is 161 Å². The maximum atomic E-state index is 12.6. The predicted molar refractivity (Wildman–Crippen MR) is 103 cm³/mol. The van der Waals surface area contributed by atoms with Crippen LogP contribution < -0.4 is 4.74 Å². The summed E-state index contributed by atoms with van der Waals surface area (Å²) in [5, 5.41) is 0. The summed E-state index contributed by atoms with van der Waals surface area (Å²) in [6.45, 7) is 4.14. The number of aromatic nitrogens is 1. The van der Waals surface area contributed by atoms with Gasteiger partial charge in [-0.1, -0.05) is 12.8 Å². The van der Waals surface area contributed by atoms with Crippen LogP contribution in [0.15, 0.2) is 18.3 Å². The fourth-order valence-electron chi connectivity index (χ4n) is 4.45. The van der Waals surface area contributed by atoms with Crippen molar-refractivity contribution < 1.29 is 14.3 Å². The molecule has 3 rings (SSSR count). The van der Waals surface area contributed by atoms with Crippen molar-refractivity contribution in [2.45, 2.75) is 57.9 Å². The first-order valence-electron chi connectivity index (χ1n) is 10.1. The van der Waals surface area contributed by atoms with Crippen molar-refractivity contribution in [2.24, 2.45) is 5.92 Å². The quantitative estimate of drug-likeness (QED) is 0.814. The zero-order valence-corrected chi connectivity index (χ0v) is 16.5. The van der Waals surface area contributed by atoms with E-state index < -0.39 is 0 Å². The first kappa shape index (κ1) is 19.6. The first-order chi connectivity index (χ1) is 13.1. The smallest absolute Gasteiger partial charge is 0.228 e. The normalized spacial score (nSPS) is 21.6. The van der Waals surface area contributed by atoms with Crippen LogP contribution in [0.25, 0.3) is 0 Å². The minimum atomic E-state index is 0.135. The molecule has 0 saturated carbocycles. The van der Waals surface area contributed by atoms with Crippen LogP contribution >= 0.6 is 0 Å². The minimum absolute atomic E-state index is 0.135. The van der Waals surface area contributed by atoms with Gasteiger partial charge in [-0.25, -0.2) is 0 Å². The van der Waals surface area contributed by atoms with E-state index in [-0.39, 0.29) is 11.8 Å². The van der Waals surface area contributed by atoms with Crippen molar-refractivity contribution in [3.63, 3.8) is 0 Å². The zero-order chi connectivity index (χ0) is 19.2. The maximum Gasteiger partial charge on any atom is 0.228 e. The van der Waals surface area contributed by atoms with Gasteiger partial charge in [0, 0.05) is 38.3 Å². The van der Waals surface area contributed by atoms with Gasteiger partial charge in [0.05, 0.1) is 19.7 Å². The Morgan fingerprint density at radius 2 is 1.89 bits per heavy atom. The molecule has 0 spiro atoms. The van der Waals surface area contributed by atoms with Crippen molar-refractivity contribution in [3.8, 4) is 5.75 Å². The van der Waals surface area contributed by atoms with Gasteiger partial charge in [0.15, 0.2) is 0 Å². The third-order valence-corrected chi connectivity index (χ3v) is 6.01. The molecule has 27 heavy (non-hydrogen) atoms. The van der Waals surface area contributed by atoms with Gasteiger partial charge in [0.2, 0.25) is 11.8 Å². The summed E-state index contributed by atoms with van der Waals surface area (Å²) in [7, 11) is 1.60. The van der Waals surface area contributed by atoms with Gasteiger partial charge in [-0.2, -0.15) is 0 Å². The number of rotatable bonds is 4. The number of carbonyl (C=O) groups is 2. The summed E-state index contributed by atoms with van der Waals surface area (Å²) in [5.74, 6) is 1.54. The summed E-state index contributed by atoms with van der Waals surface area (Å²) < 4.78 is 5.11. The Hall–Kier alpha value is -2.11. The molecule has 0 aliphatic carbocycles. The molecule has 2 aliphatic rings. The van der Waals surface area contributed by atoms with Crippen LogP contribution in [0.5, 0.6) is 5.75 Å². The topological polar surface area (TPSA) is 62.7 Å². The van der Waals surface area contributed by atoms with E-state index in [0.717, 1.165) is 51.0 Å². The van der Waals surface area contributed by atoms with Crippen LogP contribution in [-0.4, -0.2) is 59.4 Å². The lowest BCUT2D eigenvalue weighted by atomic mass is 9.86. The molecular formula is C21H31N3O3. The van der Waals surface area contributed by atoms with Crippen LogP contribution in [-0.2, 0) is 16.0 Å². The molecule has 2 amide bonds. The highest BCUT2D eigenvalue weighted by molar-refractivity contribution is 5.78. The Morgan fingerprint density at radius 3 is 2.52 bits per heavy atom. The van der Waals surface area contributed by atoms with Crippen molar-refractivity contribution in [3.05, 3.63) is 24.0 Å². The molecule has 2 fully saturated rings. The summed E-state index contributed by atoms with van der Waals surface area (Å²) in [4.78, 5) is 33.0. The molecule has 0 radical (unpaired) electrons. The van der Waals surface area contributed by atoms with Crippen LogP contribution in [0.1, 0.15) is 51.1 Å². The summed E-state index contributed by atoms with van der Waals surface area (Å²) in [6, 6.07) is 4.04. The minimum Gasteiger partial charge on any atom is -0.495 e. The second kappa shape index (κ2) is 9.20. The van der Waals surface area contributed by atoms with E-state index in [4.69, 9.17) is 4.74 Å². The third-order valence-electron chi connectivity index (χ3n) is 6.01. The molecule has 3 heterocycles. The van der Waals surface area contributed by atoms with Crippen LogP contribution in [0.2, 0.25) is 0 Å². The SMILES string of the molecule is COc1ccc(CC(=O)N2CCC(C3CCCCCN3C(C)=O)CC2)nc1. The second-order valence-corrected chi connectivity index (χ2v) is 7.71. The molecule has 0 aromatic carbocycles. The molecule has 1 aromatic rings. The van der Waals surface area contributed by atoms with E-state index in [1.807, 2.05) is 17.0 Å². The summed E-state index contributed by atoms with van der Waals surface area (Å²) >= 11 is 0. The summed E-state index contributed by atoms with van der Waals surface area (Å²) in [5.41, 5.74) is 0.773. The molecule has 0 bridgehead atoms. The van der Waals surface area contributed by atoms with Gasteiger partial charge < -0.3 is 14.5 Å². The van der Waals surface area contributed by atoms with Gasteiger partial charge >= 0.3 is 0 Å². The largest absolute Gasteiger partial charge is 0.495 e. The van der Waals surface area contributed by atoms with Gasteiger partial charge in [0.1, 0.15) is 5.75 Å². The lowest BCUT2D eigenvalue weighted by Gasteiger charge is -2.40. The van der Waals surface area contributed by atoms with Crippen LogP contribution in [0.3, 0.4) is 0 Å². The maximum absolute atomic E-state index is 12.6. The summed E-state index contributed by atoms with van der Waals surface area (Å²) in [6.07, 6.45) is 8.58. The number of ether oxygens (including phenoxy) is 1. The highest BCUT2D eigenvalue weighted by Gasteiger charge is 2.33. The van der Waals surface area contributed by atoms with E-state index in [9.17, 15) is 9.59 Å². The van der Waals surface area contributed by atoms with E-state index in [1.54, 1.807) is 20.2 Å². The number of nitrogens with zero attached hydrogens (tertiary/aromatic N) is 3. The number of likely N-dealkylation sites (tertiary alicyclic amines) is 2. The molecule has 0 N–H and O–H groups in total. The van der Waals surface area contributed by atoms with Gasteiger partial charge in [0.25, 0.3) is 0 Å².